The molecule has 0 unspecified atom stereocenters. The van der Waals surface area contributed by atoms with E-state index in [9.17, 15) is 12.8 Å². The van der Waals surface area contributed by atoms with Gasteiger partial charge >= 0.3 is 0 Å². The van der Waals surface area contributed by atoms with Crippen LogP contribution < -0.4 is 5.73 Å². The van der Waals surface area contributed by atoms with E-state index in [4.69, 9.17) is 5.73 Å². The molecule has 0 aliphatic rings. The SMILES string of the molecule is Cn1nnc(CS(=O)(=O)c2ccc(N)cc2F)n1. The third-order valence-corrected chi connectivity index (χ3v) is 3.80. The summed E-state index contributed by atoms with van der Waals surface area (Å²) in [6.45, 7) is 0. The fourth-order valence-electron chi connectivity index (χ4n) is 1.40. The van der Waals surface area contributed by atoms with Gasteiger partial charge in [0.05, 0.1) is 7.05 Å². The van der Waals surface area contributed by atoms with Gasteiger partial charge in [-0.1, -0.05) is 0 Å². The molecule has 0 aliphatic carbocycles. The van der Waals surface area contributed by atoms with Gasteiger partial charge in [0, 0.05) is 5.69 Å². The predicted molar refractivity (Wildman–Crippen MR) is 60.5 cm³/mol. The zero-order chi connectivity index (χ0) is 13.3. The van der Waals surface area contributed by atoms with E-state index in [1.807, 2.05) is 0 Å². The molecule has 1 heterocycles. The van der Waals surface area contributed by atoms with Gasteiger partial charge in [0.25, 0.3) is 0 Å². The third kappa shape index (κ3) is 2.45. The molecule has 1 aromatic carbocycles. The van der Waals surface area contributed by atoms with E-state index < -0.39 is 26.3 Å². The highest BCUT2D eigenvalue weighted by Gasteiger charge is 2.22. The summed E-state index contributed by atoms with van der Waals surface area (Å²) in [7, 11) is -2.35. The van der Waals surface area contributed by atoms with Crippen molar-refractivity contribution in [3.8, 4) is 0 Å². The number of halogens is 1. The molecule has 0 saturated heterocycles. The molecule has 0 aliphatic heterocycles. The Morgan fingerprint density at radius 2 is 2.17 bits per heavy atom. The number of aromatic nitrogens is 4. The first-order valence-electron chi connectivity index (χ1n) is 4.89. The number of hydrogen-bond donors (Lipinski definition) is 1. The number of sulfone groups is 1. The minimum atomic E-state index is -3.86. The molecule has 9 heteroatoms. The molecule has 2 N–H and O–H groups in total. The minimum Gasteiger partial charge on any atom is -0.399 e. The van der Waals surface area contributed by atoms with Crippen molar-refractivity contribution in [3.63, 3.8) is 0 Å². The summed E-state index contributed by atoms with van der Waals surface area (Å²) >= 11 is 0. The Morgan fingerprint density at radius 3 is 2.72 bits per heavy atom. The van der Waals surface area contributed by atoms with Crippen LogP contribution >= 0.6 is 0 Å². The molecule has 0 saturated carbocycles. The van der Waals surface area contributed by atoms with Crippen LogP contribution in [0.4, 0.5) is 10.1 Å². The average molecular weight is 271 g/mol. The summed E-state index contributed by atoms with van der Waals surface area (Å²) in [6, 6.07) is 3.40. The van der Waals surface area contributed by atoms with Gasteiger partial charge in [0.1, 0.15) is 16.5 Å². The predicted octanol–water partition coefficient (Wildman–Crippen LogP) is -0.0947. The van der Waals surface area contributed by atoms with Crippen LogP contribution in [0, 0.1) is 5.82 Å². The highest BCUT2D eigenvalue weighted by molar-refractivity contribution is 7.90. The third-order valence-electron chi connectivity index (χ3n) is 2.16. The van der Waals surface area contributed by atoms with E-state index in [1.54, 1.807) is 0 Å². The molecule has 7 nitrogen and oxygen atoms in total. The molecule has 2 rings (SSSR count). The maximum atomic E-state index is 13.5. The number of aryl methyl sites for hydroxylation is 1. The monoisotopic (exact) mass is 271 g/mol. The zero-order valence-electron chi connectivity index (χ0n) is 9.41. The van der Waals surface area contributed by atoms with Crippen LogP contribution in [0.3, 0.4) is 0 Å². The molecule has 18 heavy (non-hydrogen) atoms. The number of nitrogens with zero attached hydrogens (tertiary/aromatic N) is 4. The second-order valence-corrected chi connectivity index (χ2v) is 5.60. The van der Waals surface area contributed by atoms with E-state index >= 15 is 0 Å². The van der Waals surface area contributed by atoms with Crippen molar-refractivity contribution >= 4 is 15.5 Å². The largest absolute Gasteiger partial charge is 0.399 e. The number of tetrazole rings is 1. The van der Waals surface area contributed by atoms with Crippen molar-refractivity contribution in [3.05, 3.63) is 29.8 Å². The first-order valence-corrected chi connectivity index (χ1v) is 6.54. The van der Waals surface area contributed by atoms with Gasteiger partial charge in [0.2, 0.25) is 0 Å². The normalized spacial score (nSPS) is 11.7. The highest BCUT2D eigenvalue weighted by Crippen LogP contribution is 2.20. The molecule has 0 spiro atoms. The lowest BCUT2D eigenvalue weighted by atomic mass is 10.3. The molecular formula is C9H10FN5O2S. The standard InChI is InChI=1S/C9H10FN5O2S/c1-15-13-9(12-14-15)5-18(16,17)8-3-2-6(11)4-7(8)10/h2-4H,5,11H2,1H3. The molecule has 2 aromatic rings. The molecule has 0 fully saturated rings. The quantitative estimate of drug-likeness (QED) is 0.782. The number of nitrogen functional groups attached to an aromatic ring is 1. The van der Waals surface area contributed by atoms with Crippen LogP contribution in [-0.2, 0) is 22.6 Å². The van der Waals surface area contributed by atoms with Gasteiger partial charge in [0.15, 0.2) is 15.7 Å². The van der Waals surface area contributed by atoms with Crippen molar-refractivity contribution < 1.29 is 12.8 Å². The van der Waals surface area contributed by atoms with Crippen LogP contribution in [0.2, 0.25) is 0 Å². The van der Waals surface area contributed by atoms with E-state index in [0.717, 1.165) is 16.9 Å². The van der Waals surface area contributed by atoms with Gasteiger partial charge in [-0.15, -0.1) is 10.2 Å². The highest BCUT2D eigenvalue weighted by atomic mass is 32.2. The number of benzene rings is 1. The van der Waals surface area contributed by atoms with E-state index in [1.165, 1.54) is 13.1 Å². The minimum absolute atomic E-state index is 0.00808. The summed E-state index contributed by atoms with van der Waals surface area (Å²) in [5, 5.41) is 10.8. The van der Waals surface area contributed by atoms with Crippen LogP contribution in [-0.4, -0.2) is 28.6 Å². The summed E-state index contributed by atoms with van der Waals surface area (Å²) in [5.41, 5.74) is 5.51. The van der Waals surface area contributed by atoms with Crippen LogP contribution in [0.15, 0.2) is 23.1 Å². The fourth-order valence-corrected chi connectivity index (χ4v) is 2.64. The smallest absolute Gasteiger partial charge is 0.190 e. The fraction of sp³-hybridized carbons (Fsp3) is 0.222. The molecule has 0 bridgehead atoms. The number of rotatable bonds is 3. The Hall–Kier alpha value is -2.03. The molecule has 1 aromatic heterocycles. The van der Waals surface area contributed by atoms with Crippen molar-refractivity contribution in [2.45, 2.75) is 10.6 Å². The second-order valence-electron chi connectivity index (χ2n) is 3.64. The number of nitrogens with two attached hydrogens (primary N) is 1. The zero-order valence-corrected chi connectivity index (χ0v) is 10.2. The van der Waals surface area contributed by atoms with Crippen molar-refractivity contribution in [1.29, 1.82) is 0 Å². The Kier molecular flexibility index (Phi) is 2.99. The van der Waals surface area contributed by atoms with Crippen LogP contribution in [0.5, 0.6) is 0 Å². The summed E-state index contributed by atoms with van der Waals surface area (Å²) in [4.78, 5) is 0.702. The molecule has 96 valence electrons. The second kappa shape index (κ2) is 4.33. The Bertz CT molecular complexity index is 682. The van der Waals surface area contributed by atoms with Gasteiger partial charge < -0.3 is 5.73 Å². The van der Waals surface area contributed by atoms with Crippen molar-refractivity contribution in [1.82, 2.24) is 20.2 Å². The van der Waals surface area contributed by atoms with Gasteiger partial charge in [-0.3, -0.25) is 0 Å². The van der Waals surface area contributed by atoms with Gasteiger partial charge in [-0.05, 0) is 23.4 Å². The topological polar surface area (TPSA) is 104 Å². The van der Waals surface area contributed by atoms with Crippen LogP contribution in [0.25, 0.3) is 0 Å². The lowest BCUT2D eigenvalue weighted by molar-refractivity contribution is 0.565. The molecular weight excluding hydrogens is 261 g/mol. The maximum absolute atomic E-state index is 13.5. The van der Waals surface area contributed by atoms with Gasteiger partial charge in [-0.25, -0.2) is 12.8 Å². The van der Waals surface area contributed by atoms with Crippen LogP contribution in [0.1, 0.15) is 5.82 Å². The van der Waals surface area contributed by atoms with Crippen molar-refractivity contribution in [2.24, 2.45) is 7.05 Å². The first kappa shape index (κ1) is 12.4. The number of hydrogen-bond acceptors (Lipinski definition) is 6. The molecule has 0 amide bonds. The lowest BCUT2D eigenvalue weighted by Gasteiger charge is -2.03. The van der Waals surface area contributed by atoms with E-state index in [0.29, 0.717) is 0 Å². The summed E-state index contributed by atoms with van der Waals surface area (Å²) in [5.74, 6) is -1.39. The van der Waals surface area contributed by atoms with Gasteiger partial charge in [-0.2, -0.15) is 4.80 Å². The lowest BCUT2D eigenvalue weighted by Crippen LogP contribution is -2.09. The molecule has 0 atom stereocenters. The Labute approximate surface area is 102 Å². The average Bonchev–Trinajstić information content (AvgIpc) is 2.62. The molecule has 0 radical (unpaired) electrons. The van der Waals surface area contributed by atoms with E-state index in [-0.39, 0.29) is 11.5 Å². The summed E-state index contributed by atoms with van der Waals surface area (Å²) < 4.78 is 37.4. The Balaban J connectivity index is 2.36. The summed E-state index contributed by atoms with van der Waals surface area (Å²) in [6.07, 6.45) is 0. The number of anilines is 1. The Morgan fingerprint density at radius 1 is 1.44 bits per heavy atom. The maximum Gasteiger partial charge on any atom is 0.190 e. The first-order chi connectivity index (χ1) is 8.38. The van der Waals surface area contributed by atoms with Crippen molar-refractivity contribution in [2.75, 3.05) is 5.73 Å². The van der Waals surface area contributed by atoms with E-state index in [2.05, 4.69) is 15.4 Å².